The number of carbonyl (C=O) groups is 1. The second-order valence-corrected chi connectivity index (χ2v) is 5.30. The number of rotatable bonds is 5. The Morgan fingerprint density at radius 2 is 1.92 bits per heavy atom. The molecule has 1 heterocycles. The maximum absolute atomic E-state index is 13.1. The molecule has 0 aromatic heterocycles. The number of fused-ring (bicyclic) bond motifs is 1. The first-order valence-corrected chi connectivity index (χ1v) is 7.35. The van der Waals surface area contributed by atoms with E-state index in [9.17, 15) is 18.7 Å². The minimum absolute atomic E-state index is 0.0199. The molecule has 126 valence electrons. The highest BCUT2D eigenvalue weighted by Gasteiger charge is 2.17. The number of benzene rings is 2. The monoisotopic (exact) mass is 335 g/mol. The van der Waals surface area contributed by atoms with Gasteiger partial charge in [0.15, 0.2) is 23.1 Å². The van der Waals surface area contributed by atoms with Gasteiger partial charge in [0.1, 0.15) is 0 Å². The van der Waals surface area contributed by atoms with Crippen LogP contribution in [-0.2, 0) is 0 Å². The molecule has 1 amide bonds. The molecular formula is C17H15F2NO4. The van der Waals surface area contributed by atoms with Gasteiger partial charge in [0.05, 0.1) is 6.10 Å². The minimum atomic E-state index is -1.08. The lowest BCUT2D eigenvalue weighted by molar-refractivity contribution is 0.0942. The summed E-state index contributed by atoms with van der Waals surface area (Å²) >= 11 is 0. The lowest BCUT2D eigenvalue weighted by Gasteiger charge is -2.12. The molecule has 0 spiro atoms. The zero-order valence-corrected chi connectivity index (χ0v) is 12.6. The molecule has 5 nitrogen and oxygen atoms in total. The van der Waals surface area contributed by atoms with E-state index in [1.807, 2.05) is 0 Å². The van der Waals surface area contributed by atoms with E-state index >= 15 is 0 Å². The summed E-state index contributed by atoms with van der Waals surface area (Å²) in [5.41, 5.74) is 0.660. The van der Waals surface area contributed by atoms with E-state index in [2.05, 4.69) is 5.32 Å². The zero-order chi connectivity index (χ0) is 17.1. The standard InChI is InChI=1S/C17H15F2NO4/c18-12-3-1-11(7-13(12)19)17(22)20-6-5-14(21)10-2-4-15-16(8-10)24-9-23-15/h1-4,7-8,14,21H,5-6,9H2,(H,20,22). The fraction of sp³-hybridized carbons (Fsp3) is 0.235. The molecule has 0 bridgehead atoms. The Morgan fingerprint density at radius 3 is 2.71 bits per heavy atom. The van der Waals surface area contributed by atoms with Crippen molar-refractivity contribution < 1.29 is 28.2 Å². The predicted molar refractivity (Wildman–Crippen MR) is 80.8 cm³/mol. The Bertz CT molecular complexity index is 766. The number of aliphatic hydroxyl groups is 1. The third kappa shape index (κ3) is 3.46. The van der Waals surface area contributed by atoms with Crippen molar-refractivity contribution in [1.82, 2.24) is 5.32 Å². The first-order chi connectivity index (χ1) is 11.5. The van der Waals surface area contributed by atoms with Crippen molar-refractivity contribution in [1.29, 1.82) is 0 Å². The quantitative estimate of drug-likeness (QED) is 0.881. The summed E-state index contributed by atoms with van der Waals surface area (Å²) in [6.07, 6.45) is -0.542. The van der Waals surface area contributed by atoms with Gasteiger partial charge >= 0.3 is 0 Å². The summed E-state index contributed by atoms with van der Waals surface area (Å²) in [4.78, 5) is 11.9. The van der Waals surface area contributed by atoms with Crippen molar-refractivity contribution in [2.24, 2.45) is 0 Å². The first-order valence-electron chi connectivity index (χ1n) is 7.35. The van der Waals surface area contributed by atoms with Crippen LogP contribution in [0.4, 0.5) is 8.78 Å². The highest BCUT2D eigenvalue weighted by molar-refractivity contribution is 5.94. The van der Waals surface area contributed by atoms with Crippen LogP contribution in [0, 0.1) is 11.6 Å². The topological polar surface area (TPSA) is 67.8 Å². The molecule has 2 N–H and O–H groups in total. The lowest BCUT2D eigenvalue weighted by atomic mass is 10.1. The van der Waals surface area contributed by atoms with Gasteiger partial charge in [-0.2, -0.15) is 0 Å². The van der Waals surface area contributed by atoms with Crippen molar-refractivity contribution >= 4 is 5.91 Å². The van der Waals surface area contributed by atoms with E-state index in [1.54, 1.807) is 18.2 Å². The van der Waals surface area contributed by atoms with Gasteiger partial charge in [0.2, 0.25) is 6.79 Å². The summed E-state index contributed by atoms with van der Waals surface area (Å²) in [5, 5.41) is 12.7. The average molecular weight is 335 g/mol. The Labute approximate surface area is 136 Å². The molecule has 0 fully saturated rings. The molecule has 1 atom stereocenters. The molecule has 1 aliphatic rings. The van der Waals surface area contributed by atoms with E-state index < -0.39 is 23.6 Å². The van der Waals surface area contributed by atoms with Crippen LogP contribution in [0.1, 0.15) is 28.4 Å². The molecule has 0 radical (unpaired) electrons. The molecule has 24 heavy (non-hydrogen) atoms. The highest BCUT2D eigenvalue weighted by Crippen LogP contribution is 2.34. The third-order valence-electron chi connectivity index (χ3n) is 3.67. The van der Waals surface area contributed by atoms with Gasteiger partial charge in [0, 0.05) is 12.1 Å². The van der Waals surface area contributed by atoms with E-state index in [-0.39, 0.29) is 25.3 Å². The molecule has 2 aromatic rings. The molecule has 3 rings (SSSR count). The average Bonchev–Trinajstić information content (AvgIpc) is 3.04. The fourth-order valence-corrected chi connectivity index (χ4v) is 2.35. The highest BCUT2D eigenvalue weighted by atomic mass is 19.2. The van der Waals surface area contributed by atoms with Crippen LogP contribution >= 0.6 is 0 Å². The second kappa shape index (κ2) is 6.84. The second-order valence-electron chi connectivity index (χ2n) is 5.30. The van der Waals surface area contributed by atoms with Crippen LogP contribution < -0.4 is 14.8 Å². The first kappa shape index (κ1) is 16.2. The Balaban J connectivity index is 1.54. The van der Waals surface area contributed by atoms with E-state index in [0.29, 0.717) is 17.1 Å². The van der Waals surface area contributed by atoms with Gasteiger partial charge in [-0.15, -0.1) is 0 Å². The van der Waals surface area contributed by atoms with Gasteiger partial charge in [-0.1, -0.05) is 6.07 Å². The molecule has 2 aromatic carbocycles. The van der Waals surface area contributed by atoms with Gasteiger partial charge in [0.25, 0.3) is 5.91 Å². The normalized spacial score (nSPS) is 13.6. The van der Waals surface area contributed by atoms with Crippen LogP contribution in [0.15, 0.2) is 36.4 Å². The van der Waals surface area contributed by atoms with Gasteiger partial charge in [-0.25, -0.2) is 8.78 Å². The number of ether oxygens (including phenoxy) is 2. The smallest absolute Gasteiger partial charge is 0.251 e. The minimum Gasteiger partial charge on any atom is -0.454 e. The van der Waals surface area contributed by atoms with Crippen LogP contribution in [0.2, 0.25) is 0 Å². The number of carbonyl (C=O) groups excluding carboxylic acids is 1. The van der Waals surface area contributed by atoms with Gasteiger partial charge < -0.3 is 19.9 Å². The number of nitrogens with one attached hydrogen (secondary N) is 1. The van der Waals surface area contributed by atoms with Crippen LogP contribution in [0.25, 0.3) is 0 Å². The summed E-state index contributed by atoms with van der Waals surface area (Å²) < 4.78 is 36.4. The molecule has 1 unspecified atom stereocenters. The number of amides is 1. The maximum Gasteiger partial charge on any atom is 0.251 e. The Hall–Kier alpha value is -2.67. The molecule has 0 saturated carbocycles. The predicted octanol–water partition coefficient (Wildman–Crippen LogP) is 2.55. The largest absolute Gasteiger partial charge is 0.454 e. The molecule has 0 saturated heterocycles. The summed E-state index contributed by atoms with van der Waals surface area (Å²) in [6, 6.07) is 8.03. The van der Waals surface area contributed by atoms with Crippen molar-refractivity contribution in [3.8, 4) is 11.5 Å². The van der Waals surface area contributed by atoms with Crippen molar-refractivity contribution in [2.75, 3.05) is 13.3 Å². The van der Waals surface area contributed by atoms with E-state index in [1.165, 1.54) is 6.07 Å². The molecule has 7 heteroatoms. The SMILES string of the molecule is O=C(NCCC(O)c1ccc2c(c1)OCO2)c1ccc(F)c(F)c1. The number of halogens is 2. The summed E-state index contributed by atoms with van der Waals surface area (Å²) in [7, 11) is 0. The van der Waals surface area contributed by atoms with Crippen molar-refractivity contribution in [2.45, 2.75) is 12.5 Å². The molecule has 1 aliphatic heterocycles. The van der Waals surface area contributed by atoms with Gasteiger partial charge in [-0.3, -0.25) is 4.79 Å². The van der Waals surface area contributed by atoms with Crippen LogP contribution in [0.3, 0.4) is 0 Å². The molecular weight excluding hydrogens is 320 g/mol. The van der Waals surface area contributed by atoms with Gasteiger partial charge in [-0.05, 0) is 42.3 Å². The summed E-state index contributed by atoms with van der Waals surface area (Å²) in [6.45, 7) is 0.326. The Kier molecular flexibility index (Phi) is 4.61. The van der Waals surface area contributed by atoms with Crippen molar-refractivity contribution in [3.05, 3.63) is 59.2 Å². The number of aliphatic hydroxyl groups excluding tert-OH is 1. The van der Waals surface area contributed by atoms with Crippen LogP contribution in [0.5, 0.6) is 11.5 Å². The maximum atomic E-state index is 13.1. The fourth-order valence-electron chi connectivity index (χ4n) is 2.35. The lowest BCUT2D eigenvalue weighted by Crippen LogP contribution is -2.25. The van der Waals surface area contributed by atoms with E-state index in [4.69, 9.17) is 9.47 Å². The molecule has 0 aliphatic carbocycles. The summed E-state index contributed by atoms with van der Waals surface area (Å²) in [5.74, 6) is -1.44. The van der Waals surface area contributed by atoms with Crippen molar-refractivity contribution in [3.63, 3.8) is 0 Å². The third-order valence-corrected chi connectivity index (χ3v) is 3.67. The Morgan fingerprint density at radius 1 is 1.12 bits per heavy atom. The number of hydrogen-bond donors (Lipinski definition) is 2. The van der Waals surface area contributed by atoms with E-state index in [0.717, 1.165) is 12.1 Å². The van der Waals surface area contributed by atoms with Crippen LogP contribution in [-0.4, -0.2) is 24.4 Å². The zero-order valence-electron chi connectivity index (χ0n) is 12.6. The number of hydrogen-bond acceptors (Lipinski definition) is 4.